The molecule has 0 bridgehead atoms. The van der Waals surface area contributed by atoms with Crippen LogP contribution in [0.2, 0.25) is 0 Å². The van der Waals surface area contributed by atoms with Crippen molar-refractivity contribution in [3.8, 4) is 0 Å². The van der Waals surface area contributed by atoms with Crippen LogP contribution in [-0.2, 0) is 9.47 Å². The van der Waals surface area contributed by atoms with Gasteiger partial charge in [-0.15, -0.1) is 0 Å². The molecule has 98 valence electrons. The summed E-state index contributed by atoms with van der Waals surface area (Å²) in [4.78, 5) is 0. The Balaban J connectivity index is 4.90. The van der Waals surface area contributed by atoms with E-state index in [0.717, 1.165) is 0 Å². The van der Waals surface area contributed by atoms with Crippen LogP contribution in [0.5, 0.6) is 0 Å². The Labute approximate surface area is 95.1 Å². The second-order valence-electron chi connectivity index (χ2n) is 4.08. The van der Waals surface area contributed by atoms with Crippen molar-refractivity contribution in [1.82, 2.24) is 0 Å². The maximum atomic E-state index is 13.1. The monoisotopic (exact) mass is 242 g/mol. The van der Waals surface area contributed by atoms with Crippen molar-refractivity contribution in [2.24, 2.45) is 11.3 Å². The van der Waals surface area contributed by atoms with E-state index in [1.165, 1.54) is 0 Å². The Hall–Kier alpha value is -0.290. The first-order valence-electron chi connectivity index (χ1n) is 5.54. The molecule has 0 aliphatic rings. The Kier molecular flexibility index (Phi) is 6.33. The average Bonchev–Trinajstić information content (AvgIpc) is 2.16. The average molecular weight is 242 g/mol. The van der Waals surface area contributed by atoms with Crippen LogP contribution in [0.1, 0.15) is 27.7 Å². The maximum absolute atomic E-state index is 13.1. The van der Waals surface area contributed by atoms with E-state index in [-0.39, 0.29) is 26.4 Å². The zero-order chi connectivity index (χ0) is 12.8. The molecule has 0 aromatic carbocycles. The van der Waals surface area contributed by atoms with E-state index in [0.29, 0.717) is 0 Å². The summed E-state index contributed by atoms with van der Waals surface area (Å²) in [5, 5.41) is 0. The van der Waals surface area contributed by atoms with Crippen molar-refractivity contribution in [1.29, 1.82) is 0 Å². The zero-order valence-corrected chi connectivity index (χ0v) is 10.4. The molecule has 2 nitrogen and oxygen atoms in total. The first-order chi connectivity index (χ1) is 7.31. The van der Waals surface area contributed by atoms with Gasteiger partial charge in [0.05, 0.1) is 13.2 Å². The molecule has 0 atom stereocenters. The van der Waals surface area contributed by atoms with Gasteiger partial charge in [-0.3, -0.25) is 0 Å². The minimum atomic E-state index is -4.31. The van der Waals surface area contributed by atoms with Crippen molar-refractivity contribution in [2.45, 2.75) is 33.9 Å². The summed E-state index contributed by atoms with van der Waals surface area (Å²) in [6.07, 6.45) is -4.31. The molecule has 0 spiro atoms. The standard InChI is InChI=1S/C11H21F3O2/c1-5-15-7-10(9(3)4,8-16-6-2)11(12,13)14/h9H,5-8H2,1-4H3. The molecule has 0 aliphatic heterocycles. The molecule has 0 N–H and O–H groups in total. The van der Waals surface area contributed by atoms with Gasteiger partial charge in [0.25, 0.3) is 0 Å². The number of rotatable bonds is 7. The van der Waals surface area contributed by atoms with Crippen LogP contribution >= 0.6 is 0 Å². The Bertz CT molecular complexity index is 182. The first-order valence-corrected chi connectivity index (χ1v) is 5.54. The second kappa shape index (κ2) is 6.45. The summed E-state index contributed by atoms with van der Waals surface area (Å²) in [5.41, 5.74) is -1.90. The number of hydrogen-bond donors (Lipinski definition) is 0. The lowest BCUT2D eigenvalue weighted by atomic mass is 9.77. The van der Waals surface area contributed by atoms with E-state index in [1.807, 2.05) is 0 Å². The SMILES string of the molecule is CCOCC(COCC)(C(C)C)C(F)(F)F. The summed E-state index contributed by atoms with van der Waals surface area (Å²) >= 11 is 0. The van der Waals surface area contributed by atoms with E-state index in [1.54, 1.807) is 27.7 Å². The fourth-order valence-electron chi connectivity index (χ4n) is 1.43. The fourth-order valence-corrected chi connectivity index (χ4v) is 1.43. The van der Waals surface area contributed by atoms with Crippen LogP contribution in [0.3, 0.4) is 0 Å². The maximum Gasteiger partial charge on any atom is 0.399 e. The smallest absolute Gasteiger partial charge is 0.381 e. The lowest BCUT2D eigenvalue weighted by molar-refractivity contribution is -0.270. The molecular formula is C11H21F3O2. The third-order valence-corrected chi connectivity index (χ3v) is 2.80. The predicted molar refractivity (Wildman–Crippen MR) is 56.3 cm³/mol. The molecule has 0 aromatic rings. The molecular weight excluding hydrogens is 221 g/mol. The van der Waals surface area contributed by atoms with Crippen LogP contribution in [0, 0.1) is 11.3 Å². The Morgan fingerprint density at radius 2 is 1.31 bits per heavy atom. The predicted octanol–water partition coefficient (Wildman–Crippen LogP) is 3.26. The molecule has 0 unspecified atom stereocenters. The molecule has 0 radical (unpaired) electrons. The minimum Gasteiger partial charge on any atom is -0.381 e. The number of alkyl halides is 3. The van der Waals surface area contributed by atoms with Crippen molar-refractivity contribution < 1.29 is 22.6 Å². The van der Waals surface area contributed by atoms with E-state index >= 15 is 0 Å². The van der Waals surface area contributed by atoms with Crippen molar-refractivity contribution >= 4 is 0 Å². The van der Waals surface area contributed by atoms with Crippen molar-refractivity contribution in [3.63, 3.8) is 0 Å². The van der Waals surface area contributed by atoms with Crippen LogP contribution in [0.15, 0.2) is 0 Å². The minimum absolute atomic E-state index is 0.274. The fraction of sp³-hybridized carbons (Fsp3) is 1.00. The van der Waals surface area contributed by atoms with E-state index in [9.17, 15) is 13.2 Å². The molecule has 0 heterocycles. The molecule has 0 aromatic heterocycles. The van der Waals surface area contributed by atoms with Gasteiger partial charge in [-0.1, -0.05) is 13.8 Å². The number of hydrogen-bond acceptors (Lipinski definition) is 2. The normalized spacial score (nSPS) is 13.5. The van der Waals surface area contributed by atoms with Crippen LogP contribution in [0.25, 0.3) is 0 Å². The van der Waals surface area contributed by atoms with E-state index < -0.39 is 17.5 Å². The number of ether oxygens (including phenoxy) is 2. The lowest BCUT2D eigenvalue weighted by Crippen LogP contribution is -2.50. The molecule has 0 saturated heterocycles. The van der Waals surface area contributed by atoms with E-state index in [2.05, 4.69) is 0 Å². The molecule has 0 saturated carbocycles. The third kappa shape index (κ3) is 3.63. The summed E-state index contributed by atoms with van der Waals surface area (Å²) < 4.78 is 49.3. The highest BCUT2D eigenvalue weighted by molar-refractivity contribution is 4.89. The summed E-state index contributed by atoms with van der Waals surface area (Å²) in [5.74, 6) is -0.578. The quantitative estimate of drug-likeness (QED) is 0.682. The molecule has 16 heavy (non-hydrogen) atoms. The van der Waals surface area contributed by atoms with E-state index in [4.69, 9.17) is 9.47 Å². The van der Waals surface area contributed by atoms with Crippen LogP contribution < -0.4 is 0 Å². The summed E-state index contributed by atoms with van der Waals surface area (Å²) in [6.45, 7) is 6.32. The van der Waals surface area contributed by atoms with Crippen molar-refractivity contribution in [3.05, 3.63) is 0 Å². The van der Waals surface area contributed by atoms with Crippen LogP contribution in [-0.4, -0.2) is 32.6 Å². The van der Waals surface area contributed by atoms with Gasteiger partial charge in [0.1, 0.15) is 5.41 Å². The zero-order valence-electron chi connectivity index (χ0n) is 10.4. The summed E-state index contributed by atoms with van der Waals surface area (Å²) in [6, 6.07) is 0. The van der Waals surface area contributed by atoms with Gasteiger partial charge in [-0.25, -0.2) is 0 Å². The molecule has 0 aliphatic carbocycles. The molecule has 0 rings (SSSR count). The van der Waals surface area contributed by atoms with Gasteiger partial charge in [0.15, 0.2) is 0 Å². The highest BCUT2D eigenvalue weighted by Crippen LogP contribution is 2.44. The molecule has 0 fully saturated rings. The third-order valence-electron chi connectivity index (χ3n) is 2.80. The highest BCUT2D eigenvalue weighted by Gasteiger charge is 2.57. The largest absolute Gasteiger partial charge is 0.399 e. The Morgan fingerprint density at radius 1 is 0.938 bits per heavy atom. The van der Waals surface area contributed by atoms with Gasteiger partial charge >= 0.3 is 6.18 Å². The lowest BCUT2D eigenvalue weighted by Gasteiger charge is -2.38. The van der Waals surface area contributed by atoms with Gasteiger partial charge < -0.3 is 9.47 Å². The molecule has 5 heteroatoms. The van der Waals surface area contributed by atoms with Crippen molar-refractivity contribution in [2.75, 3.05) is 26.4 Å². The van der Waals surface area contributed by atoms with Gasteiger partial charge in [0.2, 0.25) is 0 Å². The van der Waals surface area contributed by atoms with Gasteiger partial charge in [0, 0.05) is 13.2 Å². The highest BCUT2D eigenvalue weighted by atomic mass is 19.4. The first kappa shape index (κ1) is 15.7. The second-order valence-corrected chi connectivity index (χ2v) is 4.08. The molecule has 0 amide bonds. The van der Waals surface area contributed by atoms with Gasteiger partial charge in [-0.2, -0.15) is 13.2 Å². The van der Waals surface area contributed by atoms with Gasteiger partial charge in [-0.05, 0) is 19.8 Å². The Morgan fingerprint density at radius 3 is 1.50 bits per heavy atom. The topological polar surface area (TPSA) is 18.5 Å². The summed E-state index contributed by atoms with van der Waals surface area (Å²) in [7, 11) is 0. The number of halogens is 3. The van der Waals surface area contributed by atoms with Crippen LogP contribution in [0.4, 0.5) is 13.2 Å².